The molecule has 0 bridgehead atoms. The first kappa shape index (κ1) is 23.5. The van der Waals surface area contributed by atoms with Crippen LogP contribution >= 0.6 is 50.5 Å². The molecule has 6 nitrogen and oxygen atoms in total. The Hall–Kier alpha value is -1.65. The van der Waals surface area contributed by atoms with E-state index in [1.807, 2.05) is 41.2 Å². The number of allylic oxidation sites excluding steroid dienone is 1. The van der Waals surface area contributed by atoms with Gasteiger partial charge in [0.05, 0.1) is 22.6 Å². The van der Waals surface area contributed by atoms with E-state index in [9.17, 15) is 13.2 Å². The van der Waals surface area contributed by atoms with Crippen molar-refractivity contribution in [3.8, 4) is 5.69 Å². The number of aryl methyl sites for hydroxylation is 1. The van der Waals surface area contributed by atoms with Gasteiger partial charge in [0.15, 0.2) is 9.84 Å². The topological polar surface area (TPSA) is 81.1 Å². The van der Waals surface area contributed by atoms with E-state index in [4.69, 9.17) is 23.2 Å². The lowest BCUT2D eigenvalue weighted by Crippen LogP contribution is -2.30. The van der Waals surface area contributed by atoms with Crippen LogP contribution < -0.4 is 5.32 Å². The van der Waals surface area contributed by atoms with Crippen LogP contribution in [0.3, 0.4) is 0 Å². The number of amides is 1. The van der Waals surface area contributed by atoms with Crippen LogP contribution in [0, 0.1) is 0 Å². The Morgan fingerprint density at radius 2 is 2.09 bits per heavy atom. The van der Waals surface area contributed by atoms with Crippen molar-refractivity contribution >= 4 is 71.8 Å². The summed E-state index contributed by atoms with van der Waals surface area (Å²) >= 11 is 16.0. The van der Waals surface area contributed by atoms with Gasteiger partial charge in [0.25, 0.3) is 0 Å². The molecule has 11 heteroatoms. The molecule has 0 saturated carbocycles. The van der Waals surface area contributed by atoms with Crippen LogP contribution in [0.25, 0.3) is 11.3 Å². The van der Waals surface area contributed by atoms with E-state index < -0.39 is 21.5 Å². The van der Waals surface area contributed by atoms with Gasteiger partial charge in [-0.25, -0.2) is 13.1 Å². The molecule has 0 spiro atoms. The first-order valence-electron chi connectivity index (χ1n) is 9.71. The Labute approximate surface area is 208 Å². The van der Waals surface area contributed by atoms with E-state index in [0.29, 0.717) is 0 Å². The van der Waals surface area contributed by atoms with Crippen LogP contribution in [-0.2, 0) is 21.1 Å². The molecule has 0 saturated heterocycles. The number of carbonyl (C=O) groups is 1. The summed E-state index contributed by atoms with van der Waals surface area (Å²) in [6.07, 6.45) is 6.60. The Bertz CT molecular complexity index is 1300. The molecule has 3 aromatic rings. The number of nitrogens with one attached hydrogen (secondary N) is 1. The van der Waals surface area contributed by atoms with Crippen LogP contribution in [-0.4, -0.2) is 36.4 Å². The highest BCUT2D eigenvalue weighted by molar-refractivity contribution is 9.10. The van der Waals surface area contributed by atoms with Crippen molar-refractivity contribution in [2.45, 2.75) is 23.5 Å². The van der Waals surface area contributed by atoms with Crippen molar-refractivity contribution in [3.05, 3.63) is 67.7 Å². The summed E-state index contributed by atoms with van der Waals surface area (Å²) < 4.78 is 27.9. The van der Waals surface area contributed by atoms with Crippen molar-refractivity contribution in [1.82, 2.24) is 15.1 Å². The molecular formula is C21H18BrCl2N3O3S2. The van der Waals surface area contributed by atoms with E-state index in [1.54, 1.807) is 0 Å². The summed E-state index contributed by atoms with van der Waals surface area (Å²) in [5.41, 5.74) is 4.20. The van der Waals surface area contributed by atoms with Gasteiger partial charge >= 0.3 is 0 Å². The smallest absolute Gasteiger partial charge is 0.235 e. The minimum Gasteiger partial charge on any atom is -0.352 e. The van der Waals surface area contributed by atoms with Crippen LogP contribution in [0.5, 0.6) is 0 Å². The zero-order chi connectivity index (χ0) is 22.9. The number of fused-ring (bicyclic) bond motifs is 1. The van der Waals surface area contributed by atoms with Gasteiger partial charge in [0, 0.05) is 11.0 Å². The maximum absolute atomic E-state index is 12.4. The number of rotatable bonds is 6. The zero-order valence-electron chi connectivity index (χ0n) is 16.6. The summed E-state index contributed by atoms with van der Waals surface area (Å²) in [6.45, 7) is 0.221. The third kappa shape index (κ3) is 5.12. The van der Waals surface area contributed by atoms with Gasteiger partial charge in [-0.1, -0.05) is 51.3 Å². The molecule has 0 fully saturated rings. The second-order valence-electron chi connectivity index (χ2n) is 7.24. The molecule has 4 rings (SSSR count). The van der Waals surface area contributed by atoms with E-state index >= 15 is 0 Å². The Kier molecular flexibility index (Phi) is 7.11. The number of nitrogens with zero attached hydrogens (tertiary/aromatic N) is 2. The summed E-state index contributed by atoms with van der Waals surface area (Å²) in [7, 11) is -3.80. The number of sulfone groups is 1. The maximum Gasteiger partial charge on any atom is 0.235 e. The monoisotopic (exact) mass is 573 g/mol. The van der Waals surface area contributed by atoms with Gasteiger partial charge in [0.1, 0.15) is 14.3 Å². The number of aromatic nitrogens is 2. The summed E-state index contributed by atoms with van der Waals surface area (Å²) in [5, 5.41) is 7.40. The largest absolute Gasteiger partial charge is 0.352 e. The third-order valence-electron chi connectivity index (χ3n) is 4.99. The quantitative estimate of drug-likeness (QED) is 0.432. The molecule has 0 unspecified atom stereocenters. The molecular weight excluding hydrogens is 557 g/mol. The van der Waals surface area contributed by atoms with Crippen LogP contribution in [0.4, 0.5) is 0 Å². The average Bonchev–Trinajstić information content (AvgIpc) is 3.32. The lowest BCUT2D eigenvalue weighted by Gasteiger charge is -2.18. The van der Waals surface area contributed by atoms with Crippen molar-refractivity contribution < 1.29 is 13.2 Å². The van der Waals surface area contributed by atoms with E-state index in [-0.39, 0.29) is 20.1 Å². The molecule has 32 heavy (non-hydrogen) atoms. The maximum atomic E-state index is 12.4. The Morgan fingerprint density at radius 3 is 2.81 bits per heavy atom. The van der Waals surface area contributed by atoms with E-state index in [1.165, 1.54) is 6.07 Å². The lowest BCUT2D eigenvalue weighted by atomic mass is 9.92. The predicted molar refractivity (Wildman–Crippen MR) is 132 cm³/mol. The Morgan fingerprint density at radius 1 is 1.28 bits per heavy atom. The first-order chi connectivity index (χ1) is 15.2. The molecule has 0 radical (unpaired) electrons. The molecule has 2 aromatic heterocycles. The van der Waals surface area contributed by atoms with Crippen LogP contribution in [0.15, 0.2) is 51.3 Å². The van der Waals surface area contributed by atoms with E-state index in [0.717, 1.165) is 57.6 Å². The predicted octanol–water partition coefficient (Wildman–Crippen LogP) is 5.31. The fourth-order valence-electron chi connectivity index (χ4n) is 3.56. The molecule has 2 heterocycles. The fourth-order valence-corrected chi connectivity index (χ4v) is 7.07. The highest BCUT2D eigenvalue weighted by Crippen LogP contribution is 2.35. The molecule has 168 valence electrons. The molecule has 1 amide bonds. The number of thiophene rings is 1. The normalized spacial score (nSPS) is 15.0. The first-order valence-corrected chi connectivity index (χ1v) is 13.7. The number of carbonyl (C=O) groups excluding carboxylic acids is 1. The number of hydrogen-bond acceptors (Lipinski definition) is 5. The summed E-state index contributed by atoms with van der Waals surface area (Å²) in [4.78, 5) is 12.3. The molecule has 1 aromatic carbocycles. The van der Waals surface area contributed by atoms with Crippen LogP contribution in [0.2, 0.25) is 9.36 Å². The molecule has 1 aliphatic rings. The third-order valence-corrected chi connectivity index (χ3v) is 9.53. The van der Waals surface area contributed by atoms with E-state index in [2.05, 4.69) is 26.3 Å². The molecule has 0 aliphatic heterocycles. The minimum atomic E-state index is -3.80. The number of hydrogen-bond donors (Lipinski definition) is 1. The second-order valence-corrected chi connectivity index (χ2v) is 12.4. The van der Waals surface area contributed by atoms with Crippen molar-refractivity contribution in [2.75, 3.05) is 12.3 Å². The van der Waals surface area contributed by atoms with Gasteiger partial charge in [-0.3, -0.25) is 4.79 Å². The van der Waals surface area contributed by atoms with Crippen molar-refractivity contribution in [1.29, 1.82) is 0 Å². The molecule has 0 atom stereocenters. The summed E-state index contributed by atoms with van der Waals surface area (Å²) in [5.74, 6) is -1.25. The highest BCUT2D eigenvalue weighted by Gasteiger charge is 2.23. The Balaban J connectivity index is 1.47. The zero-order valence-corrected chi connectivity index (χ0v) is 21.4. The average molecular weight is 575 g/mol. The van der Waals surface area contributed by atoms with Gasteiger partial charge in [-0.05, 0) is 54.7 Å². The van der Waals surface area contributed by atoms with Gasteiger partial charge < -0.3 is 5.32 Å². The molecule has 1 aliphatic carbocycles. The fraction of sp³-hybridized carbons (Fsp3) is 0.238. The summed E-state index contributed by atoms with van der Waals surface area (Å²) in [6, 6.07) is 9.16. The van der Waals surface area contributed by atoms with Gasteiger partial charge in [-0.2, -0.15) is 5.10 Å². The minimum absolute atomic E-state index is 0.0177. The number of halogens is 3. The highest BCUT2D eigenvalue weighted by atomic mass is 79.9. The number of benzene rings is 1. The van der Waals surface area contributed by atoms with Crippen LogP contribution in [0.1, 0.15) is 24.1 Å². The SMILES string of the molecule is O=C(CS(=O)(=O)c1cc(Cl)c(Cl)s1)NC/C=C1\CCCc2cnn(-c3cccc(Br)c3)c21. The second kappa shape index (κ2) is 9.69. The van der Waals surface area contributed by atoms with Crippen molar-refractivity contribution in [2.24, 2.45) is 0 Å². The lowest BCUT2D eigenvalue weighted by molar-refractivity contribution is -0.118. The van der Waals surface area contributed by atoms with Gasteiger partial charge in [-0.15, -0.1) is 11.3 Å². The standard InChI is InChI=1S/C21H18BrCl2N3O3S2/c22-15-5-2-6-16(9-15)27-20-13(3-1-4-14(20)11-26-27)7-8-25-18(28)12-32(29,30)19-10-17(23)21(24)31-19/h2,5-7,9-11H,1,3-4,8,12H2,(H,25,28)/b13-7+. The van der Waals surface area contributed by atoms with Crippen molar-refractivity contribution in [3.63, 3.8) is 0 Å². The van der Waals surface area contributed by atoms with Gasteiger partial charge in [0.2, 0.25) is 5.91 Å². The molecule has 1 N–H and O–H groups in total.